The summed E-state index contributed by atoms with van der Waals surface area (Å²) in [5.74, 6) is -0.543. The molecule has 4 nitrogen and oxygen atoms in total. The normalized spacial score (nSPS) is 23.6. The van der Waals surface area contributed by atoms with E-state index in [1.54, 1.807) is 24.3 Å². The van der Waals surface area contributed by atoms with E-state index in [1.807, 2.05) is 6.07 Å². The van der Waals surface area contributed by atoms with Gasteiger partial charge in [-0.3, -0.25) is 0 Å². The number of quaternary nitrogens is 1. The number of aliphatic hydroxyl groups excluding tert-OH is 1. The molecule has 1 aromatic rings. The topological polar surface area (TPSA) is 46.5 Å². The minimum Gasteiger partial charge on any atom is -0.454 e. The zero-order chi connectivity index (χ0) is 13.9. The highest BCUT2D eigenvalue weighted by Crippen LogP contribution is 2.20. The van der Waals surface area contributed by atoms with Crippen LogP contribution in [0.1, 0.15) is 24.5 Å². The van der Waals surface area contributed by atoms with Crippen molar-refractivity contribution in [1.82, 2.24) is 0 Å². The molecule has 0 saturated carbocycles. The first-order valence-electron chi connectivity index (χ1n) is 6.73. The van der Waals surface area contributed by atoms with Gasteiger partial charge in [0.1, 0.15) is 6.54 Å². The third-order valence-corrected chi connectivity index (χ3v) is 3.61. The highest BCUT2D eigenvalue weighted by molar-refractivity contribution is 5.76. The van der Waals surface area contributed by atoms with Crippen LogP contribution in [0.15, 0.2) is 30.3 Å². The van der Waals surface area contributed by atoms with Gasteiger partial charge in [-0.1, -0.05) is 30.3 Å². The predicted octanol–water partition coefficient (Wildman–Crippen LogP) is 1.50. The number of hydrogen-bond donors (Lipinski definition) is 1. The molecular weight excluding hydrogens is 242 g/mol. The molecule has 1 aliphatic rings. The van der Waals surface area contributed by atoms with Gasteiger partial charge in [0, 0.05) is 6.42 Å². The van der Waals surface area contributed by atoms with Crippen LogP contribution in [0.3, 0.4) is 0 Å². The summed E-state index contributed by atoms with van der Waals surface area (Å²) in [6.07, 6.45) is 0.662. The molecule has 0 radical (unpaired) electrons. The molecule has 0 bridgehead atoms. The zero-order valence-electron chi connectivity index (χ0n) is 11.6. The number of aliphatic hydroxyl groups is 1. The third-order valence-electron chi connectivity index (χ3n) is 3.61. The Hall–Kier alpha value is -1.39. The van der Waals surface area contributed by atoms with E-state index in [0.717, 1.165) is 30.4 Å². The van der Waals surface area contributed by atoms with Crippen LogP contribution in [0.4, 0.5) is 0 Å². The van der Waals surface area contributed by atoms with Gasteiger partial charge in [-0.25, -0.2) is 4.79 Å². The standard InChI is InChI=1S/C15H22NO3/c1-16(2)10-6-9-13(11-16)19-15(18)14(17)12-7-4-3-5-8-12/h3-5,7-8,13-14,17H,6,9-11H2,1-2H3/q+1/t13?,14-/m1/s1. The number of esters is 1. The van der Waals surface area contributed by atoms with Crippen molar-refractivity contribution in [3.05, 3.63) is 35.9 Å². The van der Waals surface area contributed by atoms with Gasteiger partial charge in [-0.05, 0) is 12.0 Å². The molecule has 1 aromatic carbocycles. The molecule has 1 fully saturated rings. The Bertz CT molecular complexity index is 430. The van der Waals surface area contributed by atoms with Crippen LogP contribution in [-0.4, -0.2) is 48.8 Å². The van der Waals surface area contributed by atoms with E-state index in [1.165, 1.54) is 0 Å². The highest BCUT2D eigenvalue weighted by Gasteiger charge is 2.31. The molecule has 0 amide bonds. The van der Waals surface area contributed by atoms with Gasteiger partial charge in [0.25, 0.3) is 0 Å². The molecule has 1 N–H and O–H groups in total. The molecule has 4 heteroatoms. The predicted molar refractivity (Wildman–Crippen MR) is 72.4 cm³/mol. The molecule has 104 valence electrons. The van der Waals surface area contributed by atoms with Crippen molar-refractivity contribution < 1.29 is 19.1 Å². The molecule has 1 unspecified atom stereocenters. The fraction of sp³-hybridized carbons (Fsp3) is 0.533. The van der Waals surface area contributed by atoms with Crippen LogP contribution in [0, 0.1) is 0 Å². The Morgan fingerprint density at radius 3 is 2.68 bits per heavy atom. The first kappa shape index (κ1) is 14.0. The Morgan fingerprint density at radius 1 is 1.37 bits per heavy atom. The van der Waals surface area contributed by atoms with Crippen LogP contribution >= 0.6 is 0 Å². The van der Waals surface area contributed by atoms with Gasteiger partial charge in [0.2, 0.25) is 0 Å². The molecule has 0 aromatic heterocycles. The van der Waals surface area contributed by atoms with Crippen molar-refractivity contribution in [1.29, 1.82) is 0 Å². The Kier molecular flexibility index (Phi) is 4.22. The summed E-state index contributed by atoms with van der Waals surface area (Å²) in [5, 5.41) is 9.97. The molecule has 19 heavy (non-hydrogen) atoms. The van der Waals surface area contributed by atoms with Crippen molar-refractivity contribution in [3.63, 3.8) is 0 Å². The SMILES string of the molecule is C[N+]1(C)CCCC(OC(=O)[C@H](O)c2ccccc2)C1. The lowest BCUT2D eigenvalue weighted by Gasteiger charge is -2.37. The average molecular weight is 264 g/mol. The van der Waals surface area contributed by atoms with E-state index in [0.29, 0.717) is 5.56 Å². The lowest BCUT2D eigenvalue weighted by molar-refractivity contribution is -0.898. The summed E-state index contributed by atoms with van der Waals surface area (Å²) in [5.41, 5.74) is 0.581. The number of likely N-dealkylation sites (N-methyl/N-ethyl adjacent to an activating group) is 1. The summed E-state index contributed by atoms with van der Waals surface area (Å²) >= 11 is 0. The van der Waals surface area contributed by atoms with Gasteiger partial charge >= 0.3 is 5.97 Å². The van der Waals surface area contributed by atoms with E-state index in [9.17, 15) is 9.90 Å². The van der Waals surface area contributed by atoms with Gasteiger partial charge in [0.05, 0.1) is 20.6 Å². The number of rotatable bonds is 3. The van der Waals surface area contributed by atoms with Crippen LogP contribution in [0.25, 0.3) is 0 Å². The monoisotopic (exact) mass is 264 g/mol. The molecule has 0 spiro atoms. The number of nitrogens with zero attached hydrogens (tertiary/aromatic N) is 1. The van der Waals surface area contributed by atoms with E-state index in [4.69, 9.17) is 4.74 Å². The largest absolute Gasteiger partial charge is 0.454 e. The Labute approximate surface area is 114 Å². The van der Waals surface area contributed by atoms with Crippen LogP contribution in [0.2, 0.25) is 0 Å². The second kappa shape index (κ2) is 5.72. The maximum atomic E-state index is 11.9. The molecule has 2 atom stereocenters. The zero-order valence-corrected chi connectivity index (χ0v) is 11.6. The van der Waals surface area contributed by atoms with Crippen LogP contribution in [0.5, 0.6) is 0 Å². The number of likely N-dealkylation sites (tertiary alicyclic amines) is 1. The van der Waals surface area contributed by atoms with Crippen molar-refractivity contribution in [3.8, 4) is 0 Å². The van der Waals surface area contributed by atoms with Crippen LogP contribution in [-0.2, 0) is 9.53 Å². The number of carbonyl (C=O) groups is 1. The minimum absolute atomic E-state index is 0.0883. The third kappa shape index (κ3) is 3.78. The highest BCUT2D eigenvalue weighted by atomic mass is 16.6. The van der Waals surface area contributed by atoms with Crippen molar-refractivity contribution in [2.45, 2.75) is 25.0 Å². The minimum atomic E-state index is -1.18. The first-order chi connectivity index (χ1) is 8.98. The molecule has 0 aliphatic carbocycles. The lowest BCUT2D eigenvalue weighted by atomic mass is 10.1. The Balaban J connectivity index is 1.94. The summed E-state index contributed by atoms with van der Waals surface area (Å²) < 4.78 is 6.30. The molecule has 1 saturated heterocycles. The number of carbonyl (C=O) groups excluding carboxylic acids is 1. The summed E-state index contributed by atoms with van der Waals surface area (Å²) in [7, 11) is 4.27. The van der Waals surface area contributed by atoms with E-state index in [2.05, 4.69) is 14.1 Å². The number of benzene rings is 1. The summed E-state index contributed by atoms with van der Waals surface area (Å²) in [6.45, 7) is 1.92. The first-order valence-corrected chi connectivity index (χ1v) is 6.73. The van der Waals surface area contributed by atoms with Crippen LogP contribution < -0.4 is 0 Å². The van der Waals surface area contributed by atoms with Gasteiger partial charge in [0.15, 0.2) is 12.2 Å². The van der Waals surface area contributed by atoms with E-state index < -0.39 is 12.1 Å². The quantitative estimate of drug-likeness (QED) is 0.665. The van der Waals surface area contributed by atoms with Gasteiger partial charge < -0.3 is 14.3 Å². The average Bonchev–Trinajstić information content (AvgIpc) is 2.37. The summed E-state index contributed by atoms with van der Waals surface area (Å²) in [6, 6.07) is 8.90. The van der Waals surface area contributed by atoms with Crippen molar-refractivity contribution in [2.24, 2.45) is 0 Å². The number of piperidine rings is 1. The van der Waals surface area contributed by atoms with Crippen molar-refractivity contribution in [2.75, 3.05) is 27.2 Å². The second-order valence-corrected chi connectivity index (χ2v) is 5.86. The maximum Gasteiger partial charge on any atom is 0.340 e. The Morgan fingerprint density at radius 2 is 2.05 bits per heavy atom. The van der Waals surface area contributed by atoms with Gasteiger partial charge in [-0.2, -0.15) is 0 Å². The number of hydrogen-bond acceptors (Lipinski definition) is 3. The van der Waals surface area contributed by atoms with E-state index in [-0.39, 0.29) is 6.10 Å². The maximum absolute atomic E-state index is 11.9. The number of ether oxygens (including phenoxy) is 1. The lowest BCUT2D eigenvalue weighted by Crippen LogP contribution is -2.50. The van der Waals surface area contributed by atoms with Gasteiger partial charge in [-0.15, -0.1) is 0 Å². The fourth-order valence-corrected chi connectivity index (χ4v) is 2.58. The smallest absolute Gasteiger partial charge is 0.340 e. The fourth-order valence-electron chi connectivity index (χ4n) is 2.58. The molecular formula is C15H22NO3+. The molecule has 1 aliphatic heterocycles. The van der Waals surface area contributed by atoms with E-state index >= 15 is 0 Å². The summed E-state index contributed by atoms with van der Waals surface area (Å²) in [4.78, 5) is 11.9. The second-order valence-electron chi connectivity index (χ2n) is 5.86. The van der Waals surface area contributed by atoms with Crippen molar-refractivity contribution >= 4 is 5.97 Å². The molecule has 2 rings (SSSR count). The molecule has 1 heterocycles.